The summed E-state index contributed by atoms with van der Waals surface area (Å²) in [6.07, 6.45) is 3.95. The fraction of sp³-hybridized carbons (Fsp3) is 0.455. The summed E-state index contributed by atoms with van der Waals surface area (Å²) in [4.78, 5) is 18.2. The molecule has 0 atom stereocenters. The van der Waals surface area contributed by atoms with Gasteiger partial charge >= 0.3 is 0 Å². The number of amides is 1. The van der Waals surface area contributed by atoms with E-state index in [4.69, 9.17) is 0 Å². The van der Waals surface area contributed by atoms with Gasteiger partial charge in [0.2, 0.25) is 0 Å². The van der Waals surface area contributed by atoms with Crippen LogP contribution >= 0.6 is 15.9 Å². The molecule has 0 aromatic carbocycles. The first-order valence-corrected chi connectivity index (χ1v) is 5.89. The van der Waals surface area contributed by atoms with Gasteiger partial charge in [-0.3, -0.25) is 9.78 Å². The van der Waals surface area contributed by atoms with E-state index >= 15 is 0 Å². The third kappa shape index (κ3) is 2.20. The number of halogens is 1. The maximum atomic E-state index is 12.1. The highest BCUT2D eigenvalue weighted by Gasteiger charge is 2.21. The van der Waals surface area contributed by atoms with Crippen molar-refractivity contribution in [2.45, 2.75) is 19.8 Å². The fourth-order valence-corrected chi connectivity index (χ4v) is 2.15. The second-order valence-corrected chi connectivity index (χ2v) is 4.70. The van der Waals surface area contributed by atoms with E-state index in [0.717, 1.165) is 36.1 Å². The van der Waals surface area contributed by atoms with E-state index < -0.39 is 0 Å². The summed E-state index contributed by atoms with van der Waals surface area (Å²) < 4.78 is 0.857. The molecular formula is C11H13BrN2O. The minimum atomic E-state index is 0.110. The minimum absolute atomic E-state index is 0.110. The molecule has 1 amide bonds. The molecule has 0 spiro atoms. The van der Waals surface area contributed by atoms with Crippen LogP contribution in [0.15, 0.2) is 16.7 Å². The molecule has 2 rings (SSSR count). The van der Waals surface area contributed by atoms with Crippen molar-refractivity contribution in [1.82, 2.24) is 9.88 Å². The van der Waals surface area contributed by atoms with Crippen molar-refractivity contribution in [2.75, 3.05) is 13.1 Å². The van der Waals surface area contributed by atoms with Gasteiger partial charge in [-0.2, -0.15) is 0 Å². The molecular weight excluding hydrogens is 256 g/mol. The van der Waals surface area contributed by atoms with Crippen LogP contribution in [0, 0.1) is 6.92 Å². The van der Waals surface area contributed by atoms with E-state index in [2.05, 4.69) is 20.9 Å². The molecule has 1 aromatic heterocycles. The second kappa shape index (κ2) is 4.31. The van der Waals surface area contributed by atoms with Crippen molar-refractivity contribution in [2.24, 2.45) is 0 Å². The highest BCUT2D eigenvalue weighted by Crippen LogP contribution is 2.18. The number of hydrogen-bond acceptors (Lipinski definition) is 2. The van der Waals surface area contributed by atoms with E-state index in [9.17, 15) is 4.79 Å². The highest BCUT2D eigenvalue weighted by molar-refractivity contribution is 9.10. The summed E-state index contributed by atoms with van der Waals surface area (Å²) in [7, 11) is 0. The fourth-order valence-electron chi connectivity index (χ4n) is 1.81. The van der Waals surface area contributed by atoms with Crippen LogP contribution in [-0.4, -0.2) is 28.9 Å². The van der Waals surface area contributed by atoms with Gasteiger partial charge in [0.05, 0.1) is 11.3 Å². The van der Waals surface area contributed by atoms with E-state index in [0.29, 0.717) is 5.56 Å². The molecule has 1 saturated heterocycles. The zero-order valence-electron chi connectivity index (χ0n) is 8.66. The van der Waals surface area contributed by atoms with E-state index in [1.807, 2.05) is 17.9 Å². The zero-order valence-corrected chi connectivity index (χ0v) is 10.2. The molecule has 1 aliphatic heterocycles. The maximum Gasteiger partial charge on any atom is 0.255 e. The average molecular weight is 269 g/mol. The highest BCUT2D eigenvalue weighted by atomic mass is 79.9. The minimum Gasteiger partial charge on any atom is -0.339 e. The molecule has 0 unspecified atom stereocenters. The number of carbonyl (C=O) groups excluding carboxylic acids is 1. The summed E-state index contributed by atoms with van der Waals surface area (Å²) in [5, 5.41) is 0. The summed E-state index contributed by atoms with van der Waals surface area (Å²) in [6, 6.07) is 1.85. The molecule has 0 radical (unpaired) electrons. The molecule has 2 heterocycles. The topological polar surface area (TPSA) is 33.2 Å². The van der Waals surface area contributed by atoms with Crippen molar-refractivity contribution < 1.29 is 4.79 Å². The van der Waals surface area contributed by atoms with Crippen molar-refractivity contribution in [3.05, 3.63) is 28.0 Å². The number of likely N-dealkylation sites (tertiary alicyclic amines) is 1. The van der Waals surface area contributed by atoms with Gasteiger partial charge in [0.1, 0.15) is 0 Å². The molecule has 0 saturated carbocycles. The summed E-state index contributed by atoms with van der Waals surface area (Å²) in [5.41, 5.74) is 1.52. The summed E-state index contributed by atoms with van der Waals surface area (Å²) in [6.45, 7) is 3.63. The molecule has 1 aliphatic rings. The molecule has 0 N–H and O–H groups in total. The lowest BCUT2D eigenvalue weighted by molar-refractivity contribution is 0.0791. The number of carbonyl (C=O) groups is 1. The van der Waals surface area contributed by atoms with Gasteiger partial charge in [0, 0.05) is 23.8 Å². The molecule has 0 bridgehead atoms. The Morgan fingerprint density at radius 2 is 2.13 bits per heavy atom. The third-order valence-electron chi connectivity index (χ3n) is 2.68. The van der Waals surface area contributed by atoms with E-state index in [1.54, 1.807) is 6.20 Å². The van der Waals surface area contributed by atoms with Gasteiger partial charge in [0.25, 0.3) is 5.91 Å². The Morgan fingerprint density at radius 1 is 1.47 bits per heavy atom. The number of aromatic nitrogens is 1. The van der Waals surface area contributed by atoms with Crippen LogP contribution in [-0.2, 0) is 0 Å². The van der Waals surface area contributed by atoms with Crippen LogP contribution < -0.4 is 0 Å². The Kier molecular flexibility index (Phi) is 3.05. The number of rotatable bonds is 1. The predicted octanol–water partition coefficient (Wildman–Crippen LogP) is 2.39. The van der Waals surface area contributed by atoms with Crippen molar-refractivity contribution >= 4 is 21.8 Å². The normalized spacial score (nSPS) is 15.7. The number of pyridine rings is 1. The maximum absolute atomic E-state index is 12.1. The Balaban J connectivity index is 2.27. The number of hydrogen-bond donors (Lipinski definition) is 0. The van der Waals surface area contributed by atoms with Crippen LogP contribution in [0.25, 0.3) is 0 Å². The van der Waals surface area contributed by atoms with Crippen LogP contribution in [0.1, 0.15) is 28.9 Å². The molecule has 4 heteroatoms. The smallest absolute Gasteiger partial charge is 0.255 e. The molecule has 1 fully saturated rings. The summed E-state index contributed by atoms with van der Waals surface area (Å²) in [5.74, 6) is 0.110. The van der Waals surface area contributed by atoms with Gasteiger partial charge in [0.15, 0.2) is 0 Å². The van der Waals surface area contributed by atoms with Crippen LogP contribution in [0.4, 0.5) is 0 Å². The second-order valence-electron chi connectivity index (χ2n) is 3.79. The molecule has 15 heavy (non-hydrogen) atoms. The van der Waals surface area contributed by atoms with Crippen molar-refractivity contribution in [1.29, 1.82) is 0 Å². The number of nitrogens with zero attached hydrogens (tertiary/aromatic N) is 2. The molecule has 1 aromatic rings. The standard InChI is InChI=1S/C11H13BrN2O/c1-8-10(6-9(12)7-13-8)11(15)14-4-2-3-5-14/h6-7H,2-5H2,1H3. The molecule has 0 aliphatic carbocycles. The lowest BCUT2D eigenvalue weighted by atomic mass is 10.2. The van der Waals surface area contributed by atoms with Gasteiger partial charge < -0.3 is 4.90 Å². The monoisotopic (exact) mass is 268 g/mol. The first-order valence-electron chi connectivity index (χ1n) is 5.10. The first-order chi connectivity index (χ1) is 7.18. The van der Waals surface area contributed by atoms with E-state index in [1.165, 1.54) is 0 Å². The van der Waals surface area contributed by atoms with Crippen molar-refractivity contribution in [3.63, 3.8) is 0 Å². The largest absolute Gasteiger partial charge is 0.339 e. The Labute approximate surface area is 97.6 Å². The Morgan fingerprint density at radius 3 is 2.80 bits per heavy atom. The first kappa shape index (κ1) is 10.6. The average Bonchev–Trinajstić information content (AvgIpc) is 2.74. The van der Waals surface area contributed by atoms with Gasteiger partial charge in [-0.1, -0.05) is 0 Å². The van der Waals surface area contributed by atoms with E-state index in [-0.39, 0.29) is 5.91 Å². The SMILES string of the molecule is Cc1ncc(Br)cc1C(=O)N1CCCC1. The van der Waals surface area contributed by atoms with Gasteiger partial charge in [-0.15, -0.1) is 0 Å². The quantitative estimate of drug-likeness (QED) is 0.784. The summed E-state index contributed by atoms with van der Waals surface area (Å²) >= 11 is 3.34. The predicted molar refractivity (Wildman–Crippen MR) is 61.8 cm³/mol. The van der Waals surface area contributed by atoms with Crippen LogP contribution in [0.5, 0.6) is 0 Å². The van der Waals surface area contributed by atoms with Crippen LogP contribution in [0.3, 0.4) is 0 Å². The lowest BCUT2D eigenvalue weighted by Crippen LogP contribution is -2.28. The molecule has 3 nitrogen and oxygen atoms in total. The van der Waals surface area contributed by atoms with Gasteiger partial charge in [-0.25, -0.2) is 0 Å². The lowest BCUT2D eigenvalue weighted by Gasteiger charge is -2.16. The Hall–Kier alpha value is -0.900. The van der Waals surface area contributed by atoms with Crippen molar-refractivity contribution in [3.8, 4) is 0 Å². The zero-order chi connectivity index (χ0) is 10.8. The Bertz CT molecular complexity index is 386. The molecule has 80 valence electrons. The third-order valence-corrected chi connectivity index (χ3v) is 3.11. The van der Waals surface area contributed by atoms with Gasteiger partial charge in [-0.05, 0) is 41.8 Å². The van der Waals surface area contributed by atoms with Crippen LogP contribution in [0.2, 0.25) is 0 Å². The number of aryl methyl sites for hydroxylation is 1.